The average Bonchev–Trinajstić information content (AvgIpc) is 2.63. The van der Waals surface area contributed by atoms with Crippen molar-refractivity contribution >= 4 is 27.3 Å². The van der Waals surface area contributed by atoms with Crippen LogP contribution >= 0.6 is 0 Å². The standard InChI is InChI=1S/C19H23N3O5S/c1-5-21(6-2)28(26,27)16-9-7-13(3)17(12-16)20-19(23)15-8-10-18(22(24)25)14(4)11-15/h7-12H,5-6H2,1-4H3,(H,20,23). The molecule has 9 heteroatoms. The zero-order chi connectivity index (χ0) is 21.1. The predicted molar refractivity (Wildman–Crippen MR) is 107 cm³/mol. The van der Waals surface area contributed by atoms with Crippen LogP contribution in [0.5, 0.6) is 0 Å². The zero-order valence-electron chi connectivity index (χ0n) is 16.2. The van der Waals surface area contributed by atoms with Crippen molar-refractivity contribution in [3.8, 4) is 0 Å². The summed E-state index contributed by atoms with van der Waals surface area (Å²) < 4.78 is 26.8. The first-order valence-corrected chi connectivity index (χ1v) is 10.2. The molecule has 2 rings (SSSR count). The fourth-order valence-electron chi connectivity index (χ4n) is 2.80. The van der Waals surface area contributed by atoms with E-state index >= 15 is 0 Å². The summed E-state index contributed by atoms with van der Waals surface area (Å²) in [6, 6.07) is 8.64. The molecular weight excluding hydrogens is 382 g/mol. The quantitative estimate of drug-likeness (QED) is 0.560. The number of nitrogens with zero attached hydrogens (tertiary/aromatic N) is 2. The van der Waals surface area contributed by atoms with Gasteiger partial charge >= 0.3 is 0 Å². The molecule has 0 unspecified atom stereocenters. The maximum Gasteiger partial charge on any atom is 0.272 e. The van der Waals surface area contributed by atoms with Gasteiger partial charge in [0.1, 0.15) is 0 Å². The first-order chi connectivity index (χ1) is 13.1. The topological polar surface area (TPSA) is 110 Å². The number of hydrogen-bond acceptors (Lipinski definition) is 5. The number of carbonyl (C=O) groups excluding carboxylic acids is 1. The molecule has 0 aliphatic heterocycles. The second-order valence-electron chi connectivity index (χ2n) is 6.28. The van der Waals surface area contributed by atoms with Crippen LogP contribution in [0.3, 0.4) is 0 Å². The number of sulfonamides is 1. The fraction of sp³-hybridized carbons (Fsp3) is 0.316. The number of benzene rings is 2. The minimum atomic E-state index is -3.66. The minimum Gasteiger partial charge on any atom is -0.322 e. The van der Waals surface area contributed by atoms with Crippen LogP contribution in [0.2, 0.25) is 0 Å². The molecule has 0 saturated heterocycles. The van der Waals surface area contributed by atoms with Gasteiger partial charge in [0.15, 0.2) is 0 Å². The zero-order valence-corrected chi connectivity index (χ0v) is 17.0. The van der Waals surface area contributed by atoms with Crippen LogP contribution in [0.1, 0.15) is 35.3 Å². The molecule has 28 heavy (non-hydrogen) atoms. The molecule has 2 aromatic carbocycles. The van der Waals surface area contributed by atoms with Crippen LogP contribution in [0.25, 0.3) is 0 Å². The molecule has 0 fully saturated rings. The van der Waals surface area contributed by atoms with Crippen molar-refractivity contribution in [1.29, 1.82) is 0 Å². The summed E-state index contributed by atoms with van der Waals surface area (Å²) in [5.41, 5.74) is 1.62. The molecule has 1 amide bonds. The van der Waals surface area contributed by atoms with Gasteiger partial charge in [0.2, 0.25) is 10.0 Å². The van der Waals surface area contributed by atoms with E-state index in [0.29, 0.717) is 29.9 Å². The number of aryl methyl sites for hydroxylation is 2. The van der Waals surface area contributed by atoms with Crippen LogP contribution in [-0.2, 0) is 10.0 Å². The highest BCUT2D eigenvalue weighted by Gasteiger charge is 2.23. The highest BCUT2D eigenvalue weighted by atomic mass is 32.2. The number of carbonyl (C=O) groups is 1. The van der Waals surface area contributed by atoms with Gasteiger partial charge in [0, 0.05) is 36.0 Å². The van der Waals surface area contributed by atoms with Gasteiger partial charge in [-0.25, -0.2) is 8.42 Å². The van der Waals surface area contributed by atoms with Gasteiger partial charge in [0.05, 0.1) is 9.82 Å². The van der Waals surface area contributed by atoms with Crippen molar-refractivity contribution in [2.24, 2.45) is 0 Å². The molecule has 0 saturated carbocycles. The Balaban J connectivity index is 2.35. The number of rotatable bonds is 7. The SMILES string of the molecule is CCN(CC)S(=O)(=O)c1ccc(C)c(NC(=O)c2ccc([N+](=O)[O-])c(C)c2)c1. The number of nitro groups is 1. The van der Waals surface area contributed by atoms with Crippen molar-refractivity contribution in [2.75, 3.05) is 18.4 Å². The second-order valence-corrected chi connectivity index (χ2v) is 8.22. The Morgan fingerprint density at radius 2 is 1.71 bits per heavy atom. The van der Waals surface area contributed by atoms with Gasteiger partial charge in [-0.2, -0.15) is 4.31 Å². The monoisotopic (exact) mass is 405 g/mol. The highest BCUT2D eigenvalue weighted by Crippen LogP contribution is 2.24. The summed E-state index contributed by atoms with van der Waals surface area (Å²) in [4.78, 5) is 23.1. The molecule has 0 atom stereocenters. The Kier molecular flexibility index (Phi) is 6.52. The van der Waals surface area contributed by atoms with Crippen molar-refractivity contribution < 1.29 is 18.1 Å². The number of hydrogen-bond donors (Lipinski definition) is 1. The van der Waals surface area contributed by atoms with Gasteiger partial charge in [-0.3, -0.25) is 14.9 Å². The summed E-state index contributed by atoms with van der Waals surface area (Å²) in [6.45, 7) is 7.51. The van der Waals surface area contributed by atoms with E-state index in [1.165, 1.54) is 34.6 Å². The Morgan fingerprint density at radius 1 is 1.07 bits per heavy atom. The highest BCUT2D eigenvalue weighted by molar-refractivity contribution is 7.89. The van der Waals surface area contributed by atoms with Gasteiger partial charge in [-0.15, -0.1) is 0 Å². The molecule has 150 valence electrons. The van der Waals surface area contributed by atoms with E-state index in [2.05, 4.69) is 5.32 Å². The molecule has 0 aromatic heterocycles. The number of nitrogens with one attached hydrogen (secondary N) is 1. The third kappa shape index (κ3) is 4.37. The maximum atomic E-state index is 12.7. The van der Waals surface area contributed by atoms with E-state index in [1.54, 1.807) is 33.8 Å². The Labute approximate surface area is 164 Å². The Hall–Kier alpha value is -2.78. The molecule has 0 radical (unpaired) electrons. The van der Waals surface area contributed by atoms with E-state index in [0.717, 1.165) is 0 Å². The Morgan fingerprint density at radius 3 is 2.25 bits per heavy atom. The van der Waals surface area contributed by atoms with Gasteiger partial charge in [-0.05, 0) is 43.7 Å². The van der Waals surface area contributed by atoms with Crippen LogP contribution in [0.4, 0.5) is 11.4 Å². The number of nitro benzene ring substituents is 1. The third-order valence-electron chi connectivity index (χ3n) is 4.46. The summed E-state index contributed by atoms with van der Waals surface area (Å²) in [5.74, 6) is -0.474. The second kappa shape index (κ2) is 8.49. The molecule has 0 spiro atoms. The fourth-order valence-corrected chi connectivity index (χ4v) is 4.29. The molecule has 2 aromatic rings. The van der Waals surface area contributed by atoms with Crippen LogP contribution in [0, 0.1) is 24.0 Å². The van der Waals surface area contributed by atoms with E-state index in [-0.39, 0.29) is 16.1 Å². The summed E-state index contributed by atoms with van der Waals surface area (Å²) in [7, 11) is -3.66. The van der Waals surface area contributed by atoms with Crippen molar-refractivity contribution in [3.05, 3.63) is 63.2 Å². The van der Waals surface area contributed by atoms with Crippen molar-refractivity contribution in [2.45, 2.75) is 32.6 Å². The average molecular weight is 405 g/mol. The predicted octanol–water partition coefficient (Wildman–Crippen LogP) is 3.49. The van der Waals surface area contributed by atoms with E-state index < -0.39 is 20.9 Å². The smallest absolute Gasteiger partial charge is 0.272 e. The summed E-state index contributed by atoms with van der Waals surface area (Å²) in [6.07, 6.45) is 0. The lowest BCUT2D eigenvalue weighted by molar-refractivity contribution is -0.385. The Bertz CT molecular complexity index is 1010. The number of amides is 1. The van der Waals surface area contributed by atoms with Crippen molar-refractivity contribution in [3.63, 3.8) is 0 Å². The molecule has 0 aliphatic rings. The molecule has 0 aliphatic carbocycles. The maximum absolute atomic E-state index is 12.7. The normalized spacial score (nSPS) is 11.5. The molecular formula is C19H23N3O5S. The lowest BCUT2D eigenvalue weighted by Crippen LogP contribution is -2.30. The van der Waals surface area contributed by atoms with Crippen molar-refractivity contribution in [1.82, 2.24) is 4.31 Å². The molecule has 0 heterocycles. The van der Waals surface area contributed by atoms with E-state index in [1.807, 2.05) is 0 Å². The van der Waals surface area contributed by atoms with E-state index in [4.69, 9.17) is 0 Å². The van der Waals surface area contributed by atoms with Crippen LogP contribution in [0.15, 0.2) is 41.3 Å². The minimum absolute atomic E-state index is 0.0694. The number of anilines is 1. The lowest BCUT2D eigenvalue weighted by atomic mass is 10.1. The lowest BCUT2D eigenvalue weighted by Gasteiger charge is -2.19. The van der Waals surface area contributed by atoms with Gasteiger partial charge in [0.25, 0.3) is 11.6 Å². The molecule has 1 N–H and O–H groups in total. The van der Waals surface area contributed by atoms with Crippen LogP contribution < -0.4 is 5.32 Å². The first-order valence-electron chi connectivity index (χ1n) is 8.79. The van der Waals surface area contributed by atoms with Gasteiger partial charge in [-0.1, -0.05) is 19.9 Å². The largest absolute Gasteiger partial charge is 0.322 e. The summed E-state index contributed by atoms with van der Waals surface area (Å²) in [5, 5.41) is 13.6. The third-order valence-corrected chi connectivity index (χ3v) is 6.50. The first kappa shape index (κ1) is 21.5. The summed E-state index contributed by atoms with van der Waals surface area (Å²) >= 11 is 0. The van der Waals surface area contributed by atoms with Gasteiger partial charge < -0.3 is 5.32 Å². The van der Waals surface area contributed by atoms with Crippen LogP contribution in [-0.4, -0.2) is 36.6 Å². The molecule has 0 bridgehead atoms. The molecule has 8 nitrogen and oxygen atoms in total. The van der Waals surface area contributed by atoms with E-state index in [9.17, 15) is 23.3 Å².